The molecule has 0 radical (unpaired) electrons. The van der Waals surface area contributed by atoms with Gasteiger partial charge in [0.1, 0.15) is 23.2 Å². The molecule has 2 aliphatic rings. The second-order valence-corrected chi connectivity index (χ2v) is 6.32. The summed E-state index contributed by atoms with van der Waals surface area (Å²) in [5.41, 5.74) is 0.174. The van der Waals surface area contributed by atoms with E-state index in [1.54, 1.807) is 32.0 Å². The van der Waals surface area contributed by atoms with Crippen molar-refractivity contribution in [3.05, 3.63) is 54.0 Å². The first-order chi connectivity index (χ1) is 11.4. The monoisotopic (exact) mass is 326 g/mol. The predicted molar refractivity (Wildman–Crippen MR) is 85.7 cm³/mol. The second-order valence-electron chi connectivity index (χ2n) is 6.32. The van der Waals surface area contributed by atoms with Gasteiger partial charge in [0.05, 0.1) is 30.5 Å². The van der Waals surface area contributed by atoms with E-state index in [0.717, 1.165) is 0 Å². The lowest BCUT2D eigenvalue weighted by Gasteiger charge is -2.45. The van der Waals surface area contributed by atoms with E-state index < -0.39 is 17.7 Å². The zero-order chi connectivity index (χ0) is 17.5. The Kier molecular flexibility index (Phi) is 3.82. The molecule has 0 aliphatic carbocycles. The van der Waals surface area contributed by atoms with Gasteiger partial charge in [-0.05, 0) is 32.0 Å². The zero-order valence-corrected chi connectivity index (χ0v) is 13.5. The average Bonchev–Trinajstić information content (AvgIpc) is 2.89. The highest BCUT2D eigenvalue weighted by Crippen LogP contribution is 2.44. The molecule has 0 saturated heterocycles. The van der Waals surface area contributed by atoms with Crippen molar-refractivity contribution >= 4 is 5.91 Å². The fourth-order valence-corrected chi connectivity index (χ4v) is 3.10. The van der Waals surface area contributed by atoms with Crippen molar-refractivity contribution in [1.82, 2.24) is 4.90 Å². The minimum absolute atomic E-state index is 0.221. The fraction of sp³-hybridized carbons (Fsp3) is 0.333. The summed E-state index contributed by atoms with van der Waals surface area (Å²) in [4.78, 5) is 13.9. The number of carbonyl (C=O) groups is 1. The van der Waals surface area contributed by atoms with Gasteiger partial charge < -0.3 is 19.5 Å². The third-order valence-corrected chi connectivity index (χ3v) is 4.31. The highest BCUT2D eigenvalue weighted by Gasteiger charge is 2.47. The molecule has 6 nitrogen and oxygen atoms in total. The highest BCUT2D eigenvalue weighted by atomic mass is 16.5. The van der Waals surface area contributed by atoms with Gasteiger partial charge in [-0.3, -0.25) is 4.79 Å². The number of nitrogens with zero attached hydrogens (tertiary/aromatic N) is 2. The van der Waals surface area contributed by atoms with Gasteiger partial charge in [-0.1, -0.05) is 6.58 Å². The van der Waals surface area contributed by atoms with Crippen molar-refractivity contribution in [1.29, 1.82) is 5.26 Å². The van der Waals surface area contributed by atoms with Gasteiger partial charge in [-0.25, -0.2) is 0 Å². The SMILES string of the molecule is C=COC1=CC(=O)N([C@H]2c3cc(C#N)ccc3OC(C)(C)[C@@H]2O)C1. The van der Waals surface area contributed by atoms with E-state index in [4.69, 9.17) is 14.7 Å². The Morgan fingerprint density at radius 1 is 1.54 bits per heavy atom. The maximum absolute atomic E-state index is 12.4. The molecule has 2 heterocycles. The molecule has 0 unspecified atom stereocenters. The molecule has 1 aromatic carbocycles. The van der Waals surface area contributed by atoms with Crippen LogP contribution in [-0.4, -0.2) is 34.2 Å². The van der Waals surface area contributed by atoms with E-state index in [1.165, 1.54) is 17.2 Å². The van der Waals surface area contributed by atoms with Crippen molar-refractivity contribution in [2.75, 3.05) is 6.54 Å². The number of rotatable bonds is 3. The van der Waals surface area contributed by atoms with Gasteiger partial charge in [0.15, 0.2) is 0 Å². The molecule has 0 bridgehead atoms. The molecule has 0 spiro atoms. The fourth-order valence-electron chi connectivity index (χ4n) is 3.10. The summed E-state index contributed by atoms with van der Waals surface area (Å²) in [6.07, 6.45) is 1.68. The Balaban J connectivity index is 2.05. The summed E-state index contributed by atoms with van der Waals surface area (Å²) in [5.74, 6) is 0.756. The topological polar surface area (TPSA) is 82.8 Å². The third kappa shape index (κ3) is 2.53. The smallest absolute Gasteiger partial charge is 0.251 e. The van der Waals surface area contributed by atoms with Crippen LogP contribution >= 0.6 is 0 Å². The van der Waals surface area contributed by atoms with Gasteiger partial charge in [-0.2, -0.15) is 5.26 Å². The molecular weight excluding hydrogens is 308 g/mol. The number of carbonyl (C=O) groups excluding carboxylic acids is 1. The van der Waals surface area contributed by atoms with Crippen molar-refractivity contribution in [3.8, 4) is 11.8 Å². The first-order valence-corrected chi connectivity index (χ1v) is 7.57. The van der Waals surface area contributed by atoms with Gasteiger partial charge >= 0.3 is 0 Å². The van der Waals surface area contributed by atoms with Gasteiger partial charge in [-0.15, -0.1) is 0 Å². The number of fused-ring (bicyclic) bond motifs is 1. The molecule has 0 fully saturated rings. The van der Waals surface area contributed by atoms with E-state index in [-0.39, 0.29) is 12.5 Å². The molecule has 1 aromatic rings. The van der Waals surface area contributed by atoms with Crippen LogP contribution in [0.1, 0.15) is 31.0 Å². The molecule has 1 amide bonds. The quantitative estimate of drug-likeness (QED) is 0.859. The first kappa shape index (κ1) is 16.1. The van der Waals surface area contributed by atoms with Crippen molar-refractivity contribution < 1.29 is 19.4 Å². The van der Waals surface area contributed by atoms with Crippen LogP contribution < -0.4 is 4.74 Å². The molecule has 2 atom stereocenters. The number of hydrogen-bond acceptors (Lipinski definition) is 5. The van der Waals surface area contributed by atoms with Crippen LogP contribution in [0.4, 0.5) is 0 Å². The Morgan fingerprint density at radius 3 is 2.96 bits per heavy atom. The molecular formula is C18H18N2O4. The van der Waals surface area contributed by atoms with Crippen LogP contribution in [0.25, 0.3) is 0 Å². The van der Waals surface area contributed by atoms with E-state index in [1.807, 2.05) is 0 Å². The lowest BCUT2D eigenvalue weighted by atomic mass is 9.85. The lowest BCUT2D eigenvalue weighted by molar-refractivity contribution is -0.137. The summed E-state index contributed by atoms with van der Waals surface area (Å²) in [5, 5.41) is 20.0. The Hall–Kier alpha value is -2.78. The first-order valence-electron chi connectivity index (χ1n) is 7.57. The number of amides is 1. The molecule has 6 heteroatoms. The predicted octanol–water partition coefficient (Wildman–Crippen LogP) is 2.02. The number of benzene rings is 1. The summed E-state index contributed by atoms with van der Waals surface area (Å²) < 4.78 is 11.1. The number of aliphatic hydroxyl groups excluding tert-OH is 1. The largest absolute Gasteiger partial charge is 0.485 e. The van der Waals surface area contributed by atoms with Crippen LogP contribution in [0.15, 0.2) is 42.9 Å². The summed E-state index contributed by atoms with van der Waals surface area (Å²) in [6.45, 7) is 7.24. The lowest BCUT2D eigenvalue weighted by Crippen LogP contribution is -2.54. The second kappa shape index (κ2) is 5.69. The zero-order valence-electron chi connectivity index (χ0n) is 13.5. The van der Waals surface area contributed by atoms with Crippen LogP contribution in [0.5, 0.6) is 5.75 Å². The number of hydrogen-bond donors (Lipinski definition) is 1. The molecule has 3 rings (SSSR count). The number of aliphatic hydroxyl groups is 1. The minimum atomic E-state index is -0.959. The maximum atomic E-state index is 12.4. The number of nitriles is 1. The van der Waals surface area contributed by atoms with Crippen molar-refractivity contribution in [2.45, 2.75) is 31.6 Å². The summed E-state index contributed by atoms with van der Waals surface area (Å²) in [6, 6.07) is 6.44. The van der Waals surface area contributed by atoms with E-state index in [0.29, 0.717) is 22.6 Å². The van der Waals surface area contributed by atoms with E-state index in [9.17, 15) is 9.90 Å². The van der Waals surface area contributed by atoms with Gasteiger partial charge in [0.2, 0.25) is 0 Å². The normalized spacial score (nSPS) is 24.5. The summed E-state index contributed by atoms with van der Waals surface area (Å²) >= 11 is 0. The molecule has 0 saturated carbocycles. The van der Waals surface area contributed by atoms with Gasteiger partial charge in [0, 0.05) is 11.6 Å². The Morgan fingerprint density at radius 2 is 2.29 bits per heavy atom. The number of ether oxygens (including phenoxy) is 2. The third-order valence-electron chi connectivity index (χ3n) is 4.31. The molecule has 124 valence electrons. The standard InChI is InChI=1S/C18H18N2O4/c1-4-23-12-8-15(21)20(10-12)16-13-7-11(9-19)5-6-14(13)24-18(2,3)17(16)22/h4-8,16-17,22H,1,10H2,2-3H3/t16-,17+/m0/s1. The molecule has 24 heavy (non-hydrogen) atoms. The van der Waals surface area contributed by atoms with E-state index >= 15 is 0 Å². The molecule has 1 N–H and O–H groups in total. The highest BCUT2D eigenvalue weighted by molar-refractivity contribution is 5.91. The van der Waals surface area contributed by atoms with E-state index in [2.05, 4.69) is 12.6 Å². The maximum Gasteiger partial charge on any atom is 0.251 e. The van der Waals surface area contributed by atoms with Crippen molar-refractivity contribution in [2.24, 2.45) is 0 Å². The molecule has 0 aromatic heterocycles. The Bertz CT molecular complexity index is 776. The Labute approximate surface area is 140 Å². The van der Waals surface area contributed by atoms with Crippen LogP contribution in [-0.2, 0) is 9.53 Å². The molecule has 2 aliphatic heterocycles. The van der Waals surface area contributed by atoms with Crippen LogP contribution in [0.3, 0.4) is 0 Å². The minimum Gasteiger partial charge on any atom is -0.485 e. The van der Waals surface area contributed by atoms with Crippen LogP contribution in [0, 0.1) is 11.3 Å². The summed E-state index contributed by atoms with van der Waals surface area (Å²) in [7, 11) is 0. The van der Waals surface area contributed by atoms with Crippen molar-refractivity contribution in [3.63, 3.8) is 0 Å². The van der Waals surface area contributed by atoms with Crippen LogP contribution in [0.2, 0.25) is 0 Å². The van der Waals surface area contributed by atoms with Gasteiger partial charge in [0.25, 0.3) is 5.91 Å². The average molecular weight is 326 g/mol.